The Hall–Kier alpha value is -5.73. The van der Waals surface area contributed by atoms with Crippen molar-refractivity contribution in [3.05, 3.63) is 59.8 Å². The second-order valence-corrected chi connectivity index (χ2v) is 22.1. The van der Waals surface area contributed by atoms with E-state index in [4.69, 9.17) is 24.2 Å². The number of likely N-dealkylation sites (N-methyl/N-ethyl adjacent to an activating group) is 1. The number of carbonyl (C=O) groups is 4. The normalized spacial score (nSPS) is 23.3. The number of hydrogen-bond acceptors (Lipinski definition) is 14. The molecule has 6 aliphatic rings. The van der Waals surface area contributed by atoms with Crippen molar-refractivity contribution < 1.29 is 33.4 Å². The fourth-order valence-corrected chi connectivity index (χ4v) is 11.7. The van der Waals surface area contributed by atoms with Gasteiger partial charge in [0, 0.05) is 119 Å². The van der Waals surface area contributed by atoms with Gasteiger partial charge in [-0.25, -0.2) is 15.2 Å². The van der Waals surface area contributed by atoms with E-state index in [1.54, 1.807) is 31.5 Å². The van der Waals surface area contributed by atoms with Crippen molar-refractivity contribution in [2.45, 2.75) is 123 Å². The molecule has 1 saturated carbocycles. The van der Waals surface area contributed by atoms with Gasteiger partial charge in [-0.3, -0.25) is 39.2 Å². The summed E-state index contributed by atoms with van der Waals surface area (Å²) in [4.78, 5) is 80.9. The molecule has 4 atom stereocenters. The number of nitrogens with one attached hydrogen (secondary N) is 3. The maximum Gasteiger partial charge on any atom is 0.324 e. The highest BCUT2D eigenvalue weighted by molar-refractivity contribution is 5.96. The summed E-state index contributed by atoms with van der Waals surface area (Å²) in [5, 5.41) is 8.71. The minimum absolute atomic E-state index is 0.00654. The van der Waals surface area contributed by atoms with Crippen LogP contribution in [0, 0.1) is 11.3 Å². The Kier molecular flexibility index (Phi) is 14.3. The zero-order valence-electron chi connectivity index (χ0n) is 43.9. The van der Waals surface area contributed by atoms with Crippen LogP contribution in [0.3, 0.4) is 0 Å². The van der Waals surface area contributed by atoms with Gasteiger partial charge in [0.2, 0.25) is 5.91 Å². The van der Waals surface area contributed by atoms with Crippen molar-refractivity contribution in [1.82, 2.24) is 55.3 Å². The summed E-state index contributed by atoms with van der Waals surface area (Å²) >= 11 is 0. The van der Waals surface area contributed by atoms with E-state index in [2.05, 4.69) is 80.4 Å². The van der Waals surface area contributed by atoms with E-state index in [9.17, 15) is 19.2 Å². The molecule has 10 rings (SSSR count). The lowest BCUT2D eigenvalue weighted by Crippen LogP contribution is -2.70. The maximum absolute atomic E-state index is 14.8. The molecule has 1 aromatic carbocycles. The van der Waals surface area contributed by atoms with Crippen LogP contribution in [0.15, 0.2) is 42.9 Å². The van der Waals surface area contributed by atoms with Crippen molar-refractivity contribution in [3.63, 3.8) is 0 Å². The number of rotatable bonds is 10. The molecule has 73 heavy (non-hydrogen) atoms. The topological polar surface area (TPSA) is 192 Å². The minimum Gasteiger partial charge on any atom is -0.464 e. The van der Waals surface area contributed by atoms with E-state index in [0.717, 1.165) is 76.9 Å². The number of methoxy groups -OCH3 is 1. The number of carbonyl (C=O) groups excluding carboxylic acids is 4. The van der Waals surface area contributed by atoms with Crippen LogP contribution in [-0.2, 0) is 48.0 Å². The number of nitrogens with zero attached hydrogens (tertiary/aromatic N) is 9. The highest BCUT2D eigenvalue weighted by Crippen LogP contribution is 2.43. The SMILES string of the molecule is CCn1c(-c2cc(N3CCN(C4CC4)CC3)cnc2[C@H](C)OC)c2c3cc(ccc31)-c1cncc(n1)C[C@H](NC(=O)[C@H](C(C)C)N(C)C(=O)N1CCOC13CNC3)C(=O)N1CCC[C@H](N1)C(=O)OCC(C)(C)C2. The number of aryl methyl sites for hydroxylation is 1. The molecule has 392 valence electrons. The summed E-state index contributed by atoms with van der Waals surface area (Å²) in [5.41, 5.74) is 9.95. The largest absolute Gasteiger partial charge is 0.464 e. The summed E-state index contributed by atoms with van der Waals surface area (Å²) in [6.45, 7) is 19.1. The lowest BCUT2D eigenvalue weighted by Gasteiger charge is -2.46. The van der Waals surface area contributed by atoms with E-state index >= 15 is 0 Å². The minimum atomic E-state index is -1.13. The van der Waals surface area contributed by atoms with Crippen LogP contribution >= 0.6 is 0 Å². The van der Waals surface area contributed by atoms with Crippen LogP contribution in [0.1, 0.15) is 90.3 Å². The number of hydrazine groups is 1. The fourth-order valence-electron chi connectivity index (χ4n) is 11.7. The van der Waals surface area contributed by atoms with E-state index < -0.39 is 47.0 Å². The van der Waals surface area contributed by atoms with E-state index in [1.807, 2.05) is 27.0 Å². The Bertz CT molecular complexity index is 2730. The first-order chi connectivity index (χ1) is 35.1. The molecule has 8 heterocycles. The van der Waals surface area contributed by atoms with Gasteiger partial charge in [-0.2, -0.15) is 0 Å². The van der Waals surface area contributed by atoms with Crippen LogP contribution in [0.5, 0.6) is 0 Å². The number of urea groups is 1. The molecule has 3 aromatic heterocycles. The Morgan fingerprint density at radius 2 is 1.78 bits per heavy atom. The van der Waals surface area contributed by atoms with Crippen molar-refractivity contribution >= 4 is 40.4 Å². The van der Waals surface area contributed by atoms with E-state index in [1.165, 1.54) is 22.8 Å². The Morgan fingerprint density at radius 3 is 2.48 bits per heavy atom. The number of fused-ring (bicyclic) bond motifs is 6. The third-order valence-corrected chi connectivity index (χ3v) is 16.0. The van der Waals surface area contributed by atoms with Crippen molar-refractivity contribution in [2.24, 2.45) is 11.3 Å². The van der Waals surface area contributed by atoms with Gasteiger partial charge in [0.25, 0.3) is 5.91 Å². The van der Waals surface area contributed by atoms with Crippen LogP contribution in [0.25, 0.3) is 33.4 Å². The molecule has 4 saturated heterocycles. The van der Waals surface area contributed by atoms with Gasteiger partial charge >= 0.3 is 12.0 Å². The number of benzene rings is 1. The first-order valence-electron chi connectivity index (χ1n) is 26.5. The molecule has 0 unspecified atom stereocenters. The van der Waals surface area contributed by atoms with Gasteiger partial charge in [0.05, 0.1) is 60.2 Å². The van der Waals surface area contributed by atoms with Crippen LogP contribution in [0.2, 0.25) is 0 Å². The number of cyclic esters (lactones) is 1. The third kappa shape index (κ3) is 10.0. The molecule has 19 heteroatoms. The lowest BCUT2D eigenvalue weighted by atomic mass is 9.84. The predicted molar refractivity (Wildman–Crippen MR) is 276 cm³/mol. The first-order valence-corrected chi connectivity index (χ1v) is 26.5. The number of pyridine rings is 1. The number of ether oxygens (including phenoxy) is 3. The monoisotopic (exact) mass is 1000 g/mol. The molecular weight excluding hydrogens is 929 g/mol. The first kappa shape index (κ1) is 50.8. The Morgan fingerprint density at radius 1 is 1.00 bits per heavy atom. The fraction of sp³-hybridized carbons (Fsp3) is 0.611. The molecule has 3 N–H and O–H groups in total. The van der Waals surface area contributed by atoms with Gasteiger partial charge in [0.15, 0.2) is 5.72 Å². The average molecular weight is 1000 g/mol. The molecule has 1 spiro atoms. The average Bonchev–Trinajstić information content (AvgIpc) is 4.06. The molecule has 5 aliphatic heterocycles. The van der Waals surface area contributed by atoms with Gasteiger partial charge in [-0.05, 0) is 75.6 Å². The molecule has 6 bridgehead atoms. The number of aromatic nitrogens is 4. The molecule has 1 aliphatic carbocycles. The van der Waals surface area contributed by atoms with Crippen LogP contribution in [0.4, 0.5) is 10.5 Å². The predicted octanol–water partition coefficient (Wildman–Crippen LogP) is 4.53. The number of anilines is 1. The van der Waals surface area contributed by atoms with Crippen molar-refractivity contribution in [3.8, 4) is 22.5 Å². The smallest absolute Gasteiger partial charge is 0.324 e. The molecule has 4 aromatic rings. The summed E-state index contributed by atoms with van der Waals surface area (Å²) in [6, 6.07) is 6.23. The Balaban J connectivity index is 1.04. The van der Waals surface area contributed by atoms with Gasteiger partial charge < -0.3 is 39.2 Å². The highest BCUT2D eigenvalue weighted by atomic mass is 16.5. The van der Waals surface area contributed by atoms with Crippen LogP contribution in [-0.4, -0.2) is 173 Å². The standard InChI is InChI=1S/C54H74N12O7/c1-9-64-45-15-12-35-23-39(45)41(48(64)40-25-38(28-57-46(40)34(4)71-8)63-19-17-62(18-20-63)37-13-14-37)26-53(5,6)32-72-51(69)42-11-10-16-66(60-42)50(68)43(24-36-27-55-29-44(35)58-36)59-49(67)47(33(2)3)61(7)52(70)65-21-22-73-54(65)30-56-31-54/h12,15,23,25,27-29,33-34,37,42-43,47,56,60H,9-11,13-14,16-22,24,26,30-32H2,1-8H3,(H,59,67)/t34-,42-,43-,47-/m0/s1. The highest BCUT2D eigenvalue weighted by Gasteiger charge is 2.52. The van der Waals surface area contributed by atoms with Gasteiger partial charge in [0.1, 0.15) is 18.1 Å². The zero-order valence-corrected chi connectivity index (χ0v) is 43.9. The van der Waals surface area contributed by atoms with Crippen molar-refractivity contribution in [2.75, 3.05) is 84.6 Å². The second kappa shape index (κ2) is 20.5. The van der Waals surface area contributed by atoms with E-state index in [-0.39, 0.29) is 31.1 Å². The third-order valence-electron chi connectivity index (χ3n) is 16.0. The zero-order chi connectivity index (χ0) is 51.3. The van der Waals surface area contributed by atoms with Gasteiger partial charge in [-0.1, -0.05) is 33.8 Å². The van der Waals surface area contributed by atoms with Gasteiger partial charge in [-0.15, -0.1) is 0 Å². The van der Waals surface area contributed by atoms with Crippen molar-refractivity contribution in [1.29, 1.82) is 0 Å². The molecule has 19 nitrogen and oxygen atoms in total. The maximum atomic E-state index is 14.8. The van der Waals surface area contributed by atoms with Crippen LogP contribution < -0.4 is 21.0 Å². The number of esters is 1. The summed E-state index contributed by atoms with van der Waals surface area (Å²) in [6.07, 6.45) is 9.20. The lowest BCUT2D eigenvalue weighted by molar-refractivity contribution is -0.155. The number of piperazine rings is 1. The molecule has 4 amide bonds. The second-order valence-electron chi connectivity index (χ2n) is 22.1. The number of hydrogen-bond donors (Lipinski definition) is 3. The molecule has 0 radical (unpaired) electrons. The molecule has 5 fully saturated rings. The quantitative estimate of drug-likeness (QED) is 0.188. The number of amides is 4. The summed E-state index contributed by atoms with van der Waals surface area (Å²) in [5.74, 6) is -1.69. The Labute approximate surface area is 428 Å². The van der Waals surface area contributed by atoms with E-state index in [0.29, 0.717) is 70.0 Å². The summed E-state index contributed by atoms with van der Waals surface area (Å²) < 4.78 is 20.6. The molecular formula is C54H74N12O7. The summed E-state index contributed by atoms with van der Waals surface area (Å²) in [7, 11) is 3.35.